The third-order valence-corrected chi connectivity index (χ3v) is 3.70. The van der Waals surface area contributed by atoms with E-state index in [1.165, 1.54) is 19.3 Å². The quantitative estimate of drug-likeness (QED) is 0.556. The molecule has 0 radical (unpaired) electrons. The van der Waals surface area contributed by atoms with Crippen molar-refractivity contribution >= 4 is 5.78 Å². The van der Waals surface area contributed by atoms with Crippen molar-refractivity contribution in [1.29, 1.82) is 0 Å². The molecule has 17 heavy (non-hydrogen) atoms. The summed E-state index contributed by atoms with van der Waals surface area (Å²) in [6.07, 6.45) is 8.82. The number of carbonyl (C=O) groups excluding carboxylic acids is 1. The number of Topliss-reactive ketones (excluding diaryl/α,β-unsaturated/α-hetero) is 1. The van der Waals surface area contributed by atoms with Crippen molar-refractivity contribution in [2.75, 3.05) is 0 Å². The zero-order chi connectivity index (χ0) is 12.1. The number of benzene rings is 1. The first-order valence-corrected chi connectivity index (χ1v) is 6.52. The Morgan fingerprint density at radius 1 is 1.29 bits per heavy atom. The van der Waals surface area contributed by atoms with E-state index in [1.807, 2.05) is 30.3 Å². The summed E-state index contributed by atoms with van der Waals surface area (Å²) in [5, 5.41) is 0. The number of hydrogen-bond donors (Lipinski definition) is 0. The van der Waals surface area contributed by atoms with E-state index in [4.69, 9.17) is 0 Å². The van der Waals surface area contributed by atoms with Crippen LogP contribution < -0.4 is 0 Å². The number of rotatable bonds is 4. The summed E-state index contributed by atoms with van der Waals surface area (Å²) in [5.41, 5.74) is 0.860. The van der Waals surface area contributed by atoms with Crippen LogP contribution in [0.3, 0.4) is 0 Å². The van der Waals surface area contributed by atoms with E-state index in [-0.39, 0.29) is 0 Å². The van der Waals surface area contributed by atoms with E-state index >= 15 is 0 Å². The number of ketones is 1. The summed E-state index contributed by atoms with van der Waals surface area (Å²) in [6, 6.07) is 9.66. The molecule has 0 unspecified atom stereocenters. The van der Waals surface area contributed by atoms with Crippen LogP contribution in [0.4, 0.5) is 0 Å². The molecule has 0 aliphatic heterocycles. The van der Waals surface area contributed by atoms with Crippen LogP contribution in [-0.2, 0) is 0 Å². The van der Waals surface area contributed by atoms with Crippen molar-refractivity contribution in [1.82, 2.24) is 0 Å². The second-order valence-corrected chi connectivity index (χ2v) is 4.87. The monoisotopic (exact) mass is 228 g/mol. The van der Waals surface area contributed by atoms with E-state index in [2.05, 4.69) is 19.1 Å². The van der Waals surface area contributed by atoms with Crippen molar-refractivity contribution in [2.24, 2.45) is 11.8 Å². The Kier molecular flexibility index (Phi) is 4.13. The normalized spacial score (nSPS) is 24.3. The second-order valence-electron chi connectivity index (χ2n) is 4.87. The van der Waals surface area contributed by atoms with Crippen molar-refractivity contribution < 1.29 is 4.79 Å². The summed E-state index contributed by atoms with van der Waals surface area (Å²) >= 11 is 0. The average molecular weight is 228 g/mol. The lowest BCUT2D eigenvalue weighted by atomic mass is 9.89. The van der Waals surface area contributed by atoms with Crippen molar-refractivity contribution in [2.45, 2.75) is 32.6 Å². The minimum Gasteiger partial charge on any atom is -0.294 e. The molecule has 1 aliphatic carbocycles. The minimum atomic E-state index is 0.298. The molecule has 1 nitrogen and oxygen atoms in total. The van der Waals surface area contributed by atoms with E-state index in [9.17, 15) is 4.79 Å². The van der Waals surface area contributed by atoms with E-state index in [0.717, 1.165) is 5.56 Å². The van der Waals surface area contributed by atoms with Gasteiger partial charge in [-0.05, 0) is 31.6 Å². The minimum absolute atomic E-state index is 0.298. The van der Waals surface area contributed by atoms with Crippen LogP contribution in [0.15, 0.2) is 42.5 Å². The molecule has 0 aromatic heterocycles. The SMILES string of the molecule is C/C=C/[C@@H]1CCC[C@H]1CC(=O)c1ccccc1. The fourth-order valence-corrected chi connectivity index (χ4v) is 2.80. The van der Waals surface area contributed by atoms with Gasteiger partial charge in [0.25, 0.3) is 0 Å². The topological polar surface area (TPSA) is 17.1 Å². The molecule has 1 aliphatic rings. The molecule has 0 amide bonds. The lowest BCUT2D eigenvalue weighted by molar-refractivity contribution is 0.0955. The summed E-state index contributed by atoms with van der Waals surface area (Å²) < 4.78 is 0. The molecule has 1 saturated carbocycles. The van der Waals surface area contributed by atoms with Gasteiger partial charge in [-0.25, -0.2) is 0 Å². The molecule has 1 aromatic carbocycles. The molecule has 90 valence electrons. The van der Waals surface area contributed by atoms with Gasteiger partial charge >= 0.3 is 0 Å². The lowest BCUT2D eigenvalue weighted by Crippen LogP contribution is -2.11. The highest BCUT2D eigenvalue weighted by molar-refractivity contribution is 5.96. The Morgan fingerprint density at radius 3 is 2.76 bits per heavy atom. The molecule has 1 heteroatoms. The van der Waals surface area contributed by atoms with Gasteiger partial charge in [0.1, 0.15) is 0 Å². The molecule has 0 N–H and O–H groups in total. The van der Waals surface area contributed by atoms with Crippen LogP contribution in [0.1, 0.15) is 43.0 Å². The Balaban J connectivity index is 1.99. The summed E-state index contributed by atoms with van der Waals surface area (Å²) in [6.45, 7) is 2.06. The third-order valence-electron chi connectivity index (χ3n) is 3.70. The number of carbonyl (C=O) groups is 1. The highest BCUT2D eigenvalue weighted by Gasteiger charge is 2.27. The van der Waals surface area contributed by atoms with Gasteiger partial charge in [0, 0.05) is 12.0 Å². The molecule has 2 atom stereocenters. The maximum Gasteiger partial charge on any atom is 0.163 e. The standard InChI is InChI=1S/C16H20O/c1-2-7-13-10-6-11-15(13)12-16(17)14-8-4-3-5-9-14/h2-5,7-9,13,15H,6,10-12H2,1H3/b7-2+/t13-,15+/m1/s1. The summed E-state index contributed by atoms with van der Waals surface area (Å²) in [4.78, 5) is 12.1. The molecule has 1 fully saturated rings. The molecule has 2 rings (SSSR count). The average Bonchev–Trinajstić information content (AvgIpc) is 2.78. The van der Waals surface area contributed by atoms with Gasteiger partial charge in [0.2, 0.25) is 0 Å². The van der Waals surface area contributed by atoms with Crippen LogP contribution in [0.5, 0.6) is 0 Å². The van der Waals surface area contributed by atoms with Gasteiger partial charge in [-0.1, -0.05) is 48.9 Å². The molecular formula is C16H20O. The molecule has 1 aromatic rings. The fourth-order valence-electron chi connectivity index (χ4n) is 2.80. The number of allylic oxidation sites excluding steroid dienone is 2. The zero-order valence-electron chi connectivity index (χ0n) is 10.4. The fraction of sp³-hybridized carbons (Fsp3) is 0.438. The predicted molar refractivity (Wildman–Crippen MR) is 71.0 cm³/mol. The highest BCUT2D eigenvalue weighted by Crippen LogP contribution is 2.35. The second kappa shape index (κ2) is 5.81. The van der Waals surface area contributed by atoms with Gasteiger partial charge in [-0.3, -0.25) is 4.79 Å². The van der Waals surface area contributed by atoms with Crippen LogP contribution in [0.2, 0.25) is 0 Å². The molecular weight excluding hydrogens is 208 g/mol. The lowest BCUT2D eigenvalue weighted by Gasteiger charge is -2.15. The van der Waals surface area contributed by atoms with Gasteiger partial charge < -0.3 is 0 Å². The maximum absolute atomic E-state index is 12.1. The van der Waals surface area contributed by atoms with E-state index < -0.39 is 0 Å². The first-order chi connectivity index (χ1) is 8.31. The Bertz CT molecular complexity index is 391. The van der Waals surface area contributed by atoms with Crippen LogP contribution in [0, 0.1) is 11.8 Å². The molecule has 0 spiro atoms. The van der Waals surface area contributed by atoms with E-state index in [1.54, 1.807) is 0 Å². The molecule has 0 heterocycles. The van der Waals surface area contributed by atoms with Crippen molar-refractivity contribution in [3.8, 4) is 0 Å². The maximum atomic E-state index is 12.1. The largest absolute Gasteiger partial charge is 0.294 e. The zero-order valence-corrected chi connectivity index (χ0v) is 10.4. The first kappa shape index (κ1) is 12.1. The van der Waals surface area contributed by atoms with Gasteiger partial charge in [0.05, 0.1) is 0 Å². The Hall–Kier alpha value is -1.37. The van der Waals surface area contributed by atoms with Crippen molar-refractivity contribution in [3.05, 3.63) is 48.0 Å². The highest BCUT2D eigenvalue weighted by atomic mass is 16.1. The third kappa shape index (κ3) is 3.06. The van der Waals surface area contributed by atoms with Crippen LogP contribution >= 0.6 is 0 Å². The predicted octanol–water partition coefficient (Wildman–Crippen LogP) is 4.25. The molecule has 0 saturated heterocycles. The smallest absolute Gasteiger partial charge is 0.163 e. The van der Waals surface area contributed by atoms with Gasteiger partial charge in [-0.2, -0.15) is 0 Å². The molecule has 0 bridgehead atoms. The van der Waals surface area contributed by atoms with E-state index in [0.29, 0.717) is 24.0 Å². The first-order valence-electron chi connectivity index (χ1n) is 6.52. The van der Waals surface area contributed by atoms with Gasteiger partial charge in [-0.15, -0.1) is 0 Å². The Morgan fingerprint density at radius 2 is 2.06 bits per heavy atom. The Labute approximate surface area is 104 Å². The van der Waals surface area contributed by atoms with Gasteiger partial charge in [0.15, 0.2) is 5.78 Å². The number of hydrogen-bond acceptors (Lipinski definition) is 1. The van der Waals surface area contributed by atoms with Crippen LogP contribution in [-0.4, -0.2) is 5.78 Å². The van der Waals surface area contributed by atoms with Crippen molar-refractivity contribution in [3.63, 3.8) is 0 Å². The summed E-state index contributed by atoms with van der Waals surface area (Å²) in [5.74, 6) is 1.47. The summed E-state index contributed by atoms with van der Waals surface area (Å²) in [7, 11) is 0. The van der Waals surface area contributed by atoms with Crippen LogP contribution in [0.25, 0.3) is 0 Å².